The van der Waals surface area contributed by atoms with Gasteiger partial charge in [0.05, 0.1) is 31.1 Å². The first-order valence-corrected chi connectivity index (χ1v) is 15.0. The Kier molecular flexibility index (Phi) is 6.90. The normalized spacial score (nSPS) is 17.4. The first-order chi connectivity index (χ1) is 14.3. The van der Waals surface area contributed by atoms with Gasteiger partial charge in [0.25, 0.3) is 0 Å². The summed E-state index contributed by atoms with van der Waals surface area (Å²) in [7, 11) is -5.78. The highest BCUT2D eigenvalue weighted by Crippen LogP contribution is 2.42. The molecular weight excluding hydrogens is 439 g/mol. The Hall–Kier alpha value is -1.43. The molecule has 1 atom stereocenters. The number of rotatable bonds is 7. The minimum Gasteiger partial charge on any atom is -0.409 e. The Morgan fingerprint density at radius 3 is 2.52 bits per heavy atom. The van der Waals surface area contributed by atoms with Gasteiger partial charge in [-0.05, 0) is 41.2 Å². The predicted octanol–water partition coefficient (Wildman–Crippen LogP) is 4.03. The highest BCUT2D eigenvalue weighted by molar-refractivity contribution is 7.88. The lowest BCUT2D eigenvalue weighted by molar-refractivity contribution is -0.0453. The van der Waals surface area contributed by atoms with Crippen LogP contribution in [-0.2, 0) is 23.9 Å². The quantitative estimate of drug-likeness (QED) is 0.615. The van der Waals surface area contributed by atoms with Crippen LogP contribution in [-0.4, -0.2) is 47.7 Å². The van der Waals surface area contributed by atoms with Gasteiger partial charge in [-0.15, -0.1) is 0 Å². The summed E-state index contributed by atoms with van der Waals surface area (Å²) in [5.41, 5.74) is 0.865. The lowest BCUT2D eigenvalue weighted by Gasteiger charge is -2.39. The molecule has 31 heavy (non-hydrogen) atoms. The summed E-state index contributed by atoms with van der Waals surface area (Å²) >= 11 is 0. The van der Waals surface area contributed by atoms with Gasteiger partial charge < -0.3 is 13.9 Å². The molecule has 1 aromatic carbocycles. The number of aromatic nitrogens is 1. The summed E-state index contributed by atoms with van der Waals surface area (Å²) < 4.78 is 59.2. The number of ether oxygens (including phenoxy) is 2. The molecule has 0 amide bonds. The van der Waals surface area contributed by atoms with Crippen molar-refractivity contribution >= 4 is 29.1 Å². The van der Waals surface area contributed by atoms with E-state index in [2.05, 4.69) is 43.6 Å². The van der Waals surface area contributed by atoms with Gasteiger partial charge in [-0.25, -0.2) is 17.5 Å². The monoisotopic (exact) mass is 470 g/mol. The molecule has 10 heteroatoms. The summed E-state index contributed by atoms with van der Waals surface area (Å²) in [5, 5.41) is 1.17. The van der Waals surface area contributed by atoms with Gasteiger partial charge in [-0.1, -0.05) is 20.8 Å². The lowest BCUT2D eigenvalue weighted by Crippen LogP contribution is -2.44. The second-order valence-corrected chi connectivity index (χ2v) is 15.9. The van der Waals surface area contributed by atoms with E-state index in [4.69, 9.17) is 13.9 Å². The van der Waals surface area contributed by atoms with E-state index in [-0.39, 0.29) is 11.6 Å². The third-order valence-electron chi connectivity index (χ3n) is 5.94. The first-order valence-electron chi connectivity index (χ1n) is 10.2. The second kappa shape index (κ2) is 8.84. The molecule has 1 aliphatic rings. The molecule has 1 unspecified atom stereocenters. The fourth-order valence-electron chi connectivity index (χ4n) is 3.29. The highest BCUT2D eigenvalue weighted by Gasteiger charge is 2.40. The number of fused-ring (bicyclic) bond motifs is 1. The minimum absolute atomic E-state index is 0.00937. The Bertz CT molecular complexity index is 1050. The van der Waals surface area contributed by atoms with Crippen LogP contribution >= 0.6 is 0 Å². The number of hydrogen-bond acceptors (Lipinski definition) is 6. The van der Waals surface area contributed by atoms with Crippen LogP contribution in [0, 0.1) is 5.82 Å². The Morgan fingerprint density at radius 1 is 1.29 bits per heavy atom. The fraction of sp³-hybridized carbons (Fsp3) is 0.571. The molecule has 3 rings (SSSR count). The maximum absolute atomic E-state index is 15.4. The van der Waals surface area contributed by atoms with E-state index in [1.807, 2.05) is 0 Å². The third kappa shape index (κ3) is 5.50. The SMILES string of the molecule is CC(C)(C)[Si](C)(C)OC(CNS(C)(=O)=O)c1cc(F)c(C2OCCO2)c2ccncc12. The third-order valence-corrected chi connectivity index (χ3v) is 11.1. The van der Waals surface area contributed by atoms with Crippen molar-refractivity contribution in [2.45, 2.75) is 51.3 Å². The lowest BCUT2D eigenvalue weighted by atomic mass is 9.97. The van der Waals surface area contributed by atoms with E-state index in [0.717, 1.165) is 6.26 Å². The van der Waals surface area contributed by atoms with Gasteiger partial charge in [-0.3, -0.25) is 4.98 Å². The zero-order chi connectivity index (χ0) is 23.0. The summed E-state index contributed by atoms with van der Waals surface area (Å²) in [6.45, 7) is 11.2. The summed E-state index contributed by atoms with van der Waals surface area (Å²) in [6, 6.07) is 3.11. The summed E-state index contributed by atoms with van der Waals surface area (Å²) in [6.07, 6.45) is 2.85. The molecule has 1 aromatic heterocycles. The van der Waals surface area contributed by atoms with Crippen LogP contribution in [0.1, 0.15) is 44.3 Å². The number of benzene rings is 1. The first kappa shape index (κ1) is 24.2. The molecule has 2 heterocycles. The number of pyridine rings is 1. The molecule has 172 valence electrons. The molecule has 0 bridgehead atoms. The average molecular weight is 471 g/mol. The maximum Gasteiger partial charge on any atom is 0.208 e. The van der Waals surface area contributed by atoms with Gasteiger partial charge in [0, 0.05) is 24.3 Å². The van der Waals surface area contributed by atoms with E-state index in [0.29, 0.717) is 35.1 Å². The number of halogens is 1. The molecule has 7 nitrogen and oxygen atoms in total. The van der Waals surface area contributed by atoms with E-state index in [9.17, 15) is 8.42 Å². The van der Waals surface area contributed by atoms with E-state index >= 15 is 4.39 Å². The van der Waals surface area contributed by atoms with Crippen LogP contribution in [0.15, 0.2) is 24.5 Å². The Labute approximate surface area is 184 Å². The van der Waals surface area contributed by atoms with Crippen molar-refractivity contribution in [3.63, 3.8) is 0 Å². The van der Waals surface area contributed by atoms with Crippen LogP contribution in [0.4, 0.5) is 4.39 Å². The number of nitrogens with one attached hydrogen (secondary N) is 1. The Morgan fingerprint density at radius 2 is 1.94 bits per heavy atom. The minimum atomic E-state index is -3.47. The molecule has 2 aromatic rings. The molecule has 1 aliphatic heterocycles. The van der Waals surface area contributed by atoms with Gasteiger partial charge in [0.2, 0.25) is 10.0 Å². The molecule has 0 saturated carbocycles. The van der Waals surface area contributed by atoms with E-state index < -0.39 is 36.6 Å². The Balaban J connectivity index is 2.14. The van der Waals surface area contributed by atoms with Gasteiger partial charge in [0.1, 0.15) is 5.82 Å². The van der Waals surface area contributed by atoms with Crippen molar-refractivity contribution < 1.29 is 26.7 Å². The average Bonchev–Trinajstić information content (AvgIpc) is 3.17. The summed E-state index contributed by atoms with van der Waals surface area (Å²) in [4.78, 5) is 4.22. The largest absolute Gasteiger partial charge is 0.409 e. The molecule has 0 aliphatic carbocycles. The van der Waals surface area contributed by atoms with Crippen LogP contribution in [0.3, 0.4) is 0 Å². The molecule has 1 N–H and O–H groups in total. The highest BCUT2D eigenvalue weighted by atomic mass is 32.2. The molecule has 1 saturated heterocycles. The molecule has 1 fully saturated rings. The topological polar surface area (TPSA) is 86.8 Å². The number of sulfonamides is 1. The molecule has 0 spiro atoms. The van der Waals surface area contributed by atoms with Crippen molar-refractivity contribution in [2.24, 2.45) is 0 Å². The second-order valence-electron chi connectivity index (χ2n) is 9.34. The van der Waals surface area contributed by atoms with Crippen LogP contribution < -0.4 is 4.72 Å². The number of hydrogen-bond donors (Lipinski definition) is 1. The van der Waals surface area contributed by atoms with Gasteiger partial charge in [-0.2, -0.15) is 0 Å². The van der Waals surface area contributed by atoms with Crippen LogP contribution in [0.5, 0.6) is 0 Å². The van der Waals surface area contributed by atoms with Crippen LogP contribution in [0.2, 0.25) is 18.1 Å². The van der Waals surface area contributed by atoms with Crippen molar-refractivity contribution in [3.8, 4) is 0 Å². The van der Waals surface area contributed by atoms with Crippen LogP contribution in [0.25, 0.3) is 10.8 Å². The molecule has 0 radical (unpaired) electrons. The molecular formula is C21H31FN2O5SSi. The smallest absolute Gasteiger partial charge is 0.208 e. The van der Waals surface area contributed by atoms with Gasteiger partial charge >= 0.3 is 0 Å². The summed E-state index contributed by atoms with van der Waals surface area (Å²) in [5.74, 6) is -0.483. The zero-order valence-electron chi connectivity index (χ0n) is 18.9. The maximum atomic E-state index is 15.4. The van der Waals surface area contributed by atoms with E-state index in [1.165, 1.54) is 6.07 Å². The standard InChI is InChI=1S/C21H31FN2O5SSi/c1-21(2,3)31(5,6)29-18(13-24-30(4,25)26)15-11-17(22)19(20-27-9-10-28-20)14-7-8-23-12-16(14)15/h7-8,11-12,18,20,24H,9-10,13H2,1-6H3. The van der Waals surface area contributed by atoms with Crippen molar-refractivity contribution in [1.82, 2.24) is 9.71 Å². The zero-order valence-corrected chi connectivity index (χ0v) is 20.7. The van der Waals surface area contributed by atoms with Crippen molar-refractivity contribution in [1.29, 1.82) is 0 Å². The van der Waals surface area contributed by atoms with E-state index in [1.54, 1.807) is 18.5 Å². The predicted molar refractivity (Wildman–Crippen MR) is 120 cm³/mol. The van der Waals surface area contributed by atoms with Crippen molar-refractivity contribution in [2.75, 3.05) is 26.0 Å². The van der Waals surface area contributed by atoms with Crippen molar-refractivity contribution in [3.05, 3.63) is 41.5 Å². The fourth-order valence-corrected chi connectivity index (χ4v) is 5.01. The number of nitrogens with zero attached hydrogens (tertiary/aromatic N) is 1. The van der Waals surface area contributed by atoms with Gasteiger partial charge in [0.15, 0.2) is 14.6 Å².